The molecule has 0 aromatic carbocycles. The number of nitrogens with one attached hydrogen (secondary N) is 1. The number of rotatable bonds is 11. The van der Waals surface area contributed by atoms with E-state index in [1.165, 1.54) is 45.3 Å². The predicted molar refractivity (Wildman–Crippen MR) is 79.7 cm³/mol. The molecule has 114 valence electrons. The van der Waals surface area contributed by atoms with E-state index < -0.39 is 0 Å². The highest BCUT2D eigenvalue weighted by Gasteiger charge is 2.18. The van der Waals surface area contributed by atoms with Crippen LogP contribution in [0.15, 0.2) is 0 Å². The average molecular weight is 272 g/mol. The third-order valence-electron chi connectivity index (χ3n) is 3.63. The minimum Gasteiger partial charge on any atom is -0.382 e. The first-order chi connectivity index (χ1) is 9.36. The van der Waals surface area contributed by atoms with Crippen molar-refractivity contribution in [2.24, 2.45) is 0 Å². The van der Waals surface area contributed by atoms with Gasteiger partial charge in [-0.15, -0.1) is 0 Å². The van der Waals surface area contributed by atoms with E-state index in [9.17, 15) is 0 Å². The molecule has 0 spiro atoms. The fourth-order valence-electron chi connectivity index (χ4n) is 2.56. The maximum atomic E-state index is 5.48. The Balaban J connectivity index is 1.96. The van der Waals surface area contributed by atoms with E-state index in [4.69, 9.17) is 9.47 Å². The fourth-order valence-corrected chi connectivity index (χ4v) is 2.56. The highest BCUT2D eigenvalue weighted by Crippen LogP contribution is 2.10. The molecule has 0 saturated carbocycles. The Labute approximate surface area is 118 Å². The second-order valence-corrected chi connectivity index (χ2v) is 5.41. The zero-order valence-electron chi connectivity index (χ0n) is 12.8. The number of methoxy groups -OCH3 is 1. The van der Waals surface area contributed by atoms with Gasteiger partial charge in [-0.1, -0.05) is 6.92 Å². The van der Waals surface area contributed by atoms with Gasteiger partial charge in [0.2, 0.25) is 0 Å². The minimum atomic E-state index is 0.705. The summed E-state index contributed by atoms with van der Waals surface area (Å²) in [5.74, 6) is 0. The Morgan fingerprint density at radius 1 is 1.21 bits per heavy atom. The highest BCUT2D eigenvalue weighted by atomic mass is 16.5. The number of likely N-dealkylation sites (tertiary alicyclic amines) is 1. The van der Waals surface area contributed by atoms with Crippen LogP contribution < -0.4 is 5.32 Å². The lowest BCUT2D eigenvalue weighted by Gasteiger charge is -2.33. The molecule has 4 heteroatoms. The molecule has 0 bridgehead atoms. The van der Waals surface area contributed by atoms with E-state index in [1.807, 2.05) is 0 Å². The molecule has 1 unspecified atom stereocenters. The lowest BCUT2D eigenvalue weighted by molar-refractivity contribution is 0.0670. The minimum absolute atomic E-state index is 0.705. The molecule has 19 heavy (non-hydrogen) atoms. The monoisotopic (exact) mass is 272 g/mol. The summed E-state index contributed by atoms with van der Waals surface area (Å²) in [5, 5.41) is 3.65. The van der Waals surface area contributed by atoms with Crippen LogP contribution >= 0.6 is 0 Å². The van der Waals surface area contributed by atoms with Crippen molar-refractivity contribution < 1.29 is 9.47 Å². The SMILES string of the molecule is CCCNC1CCCN(CCCCOCCOC)C1. The van der Waals surface area contributed by atoms with Crippen molar-refractivity contribution >= 4 is 0 Å². The van der Waals surface area contributed by atoms with Gasteiger partial charge in [0.05, 0.1) is 13.2 Å². The number of nitrogens with zero attached hydrogens (tertiary/aromatic N) is 1. The quantitative estimate of drug-likeness (QED) is 0.582. The summed E-state index contributed by atoms with van der Waals surface area (Å²) in [5.41, 5.74) is 0. The van der Waals surface area contributed by atoms with Crippen LogP contribution in [0.3, 0.4) is 0 Å². The van der Waals surface area contributed by atoms with Gasteiger partial charge < -0.3 is 19.7 Å². The van der Waals surface area contributed by atoms with Gasteiger partial charge in [0.25, 0.3) is 0 Å². The number of hydrogen-bond donors (Lipinski definition) is 1. The third kappa shape index (κ3) is 8.58. The molecule has 0 aromatic heterocycles. The van der Waals surface area contributed by atoms with Crippen LogP contribution in [0, 0.1) is 0 Å². The normalized spacial score (nSPS) is 20.8. The van der Waals surface area contributed by atoms with E-state index >= 15 is 0 Å². The number of piperidine rings is 1. The van der Waals surface area contributed by atoms with Gasteiger partial charge in [-0.25, -0.2) is 0 Å². The molecule has 1 aliphatic rings. The van der Waals surface area contributed by atoms with Crippen molar-refractivity contribution in [3.05, 3.63) is 0 Å². The first kappa shape index (κ1) is 16.9. The summed E-state index contributed by atoms with van der Waals surface area (Å²) in [6.45, 7) is 9.41. The zero-order valence-corrected chi connectivity index (χ0v) is 12.8. The molecule has 4 nitrogen and oxygen atoms in total. The summed E-state index contributed by atoms with van der Waals surface area (Å²) in [7, 11) is 1.71. The largest absolute Gasteiger partial charge is 0.382 e. The first-order valence-electron chi connectivity index (χ1n) is 7.89. The van der Waals surface area contributed by atoms with Crippen LogP contribution in [0.5, 0.6) is 0 Å². The standard InChI is InChI=1S/C15H32N2O2/c1-3-8-16-15-7-6-10-17(14-15)9-4-5-11-19-13-12-18-2/h15-16H,3-14H2,1-2H3. The summed E-state index contributed by atoms with van der Waals surface area (Å²) in [6, 6.07) is 0.714. The van der Waals surface area contributed by atoms with Crippen molar-refractivity contribution in [1.29, 1.82) is 0 Å². The van der Waals surface area contributed by atoms with E-state index in [0.29, 0.717) is 12.6 Å². The summed E-state index contributed by atoms with van der Waals surface area (Å²) >= 11 is 0. The lowest BCUT2D eigenvalue weighted by Crippen LogP contribution is -2.46. The number of hydrogen-bond acceptors (Lipinski definition) is 4. The second kappa shape index (κ2) is 11.6. The van der Waals surface area contributed by atoms with Gasteiger partial charge in [0.15, 0.2) is 0 Å². The maximum absolute atomic E-state index is 5.48. The lowest BCUT2D eigenvalue weighted by atomic mass is 10.1. The Hall–Kier alpha value is -0.160. The molecule has 1 heterocycles. The van der Waals surface area contributed by atoms with Gasteiger partial charge in [0.1, 0.15) is 0 Å². The molecule has 1 aliphatic heterocycles. The van der Waals surface area contributed by atoms with Crippen molar-refractivity contribution in [1.82, 2.24) is 10.2 Å². The molecule has 1 N–H and O–H groups in total. The van der Waals surface area contributed by atoms with Crippen molar-refractivity contribution in [2.75, 3.05) is 53.1 Å². The molecule has 1 atom stereocenters. The molecule has 1 saturated heterocycles. The smallest absolute Gasteiger partial charge is 0.0700 e. The number of ether oxygens (including phenoxy) is 2. The zero-order chi connectivity index (χ0) is 13.8. The van der Waals surface area contributed by atoms with E-state index in [0.717, 1.165) is 26.2 Å². The fraction of sp³-hybridized carbons (Fsp3) is 1.00. The van der Waals surface area contributed by atoms with Crippen LogP contribution in [0.1, 0.15) is 39.0 Å². The first-order valence-corrected chi connectivity index (χ1v) is 7.89. The van der Waals surface area contributed by atoms with Gasteiger partial charge >= 0.3 is 0 Å². The maximum Gasteiger partial charge on any atom is 0.0700 e. The Bertz CT molecular complexity index is 203. The molecule has 0 aromatic rings. The van der Waals surface area contributed by atoms with Gasteiger partial charge in [-0.2, -0.15) is 0 Å². The van der Waals surface area contributed by atoms with Crippen LogP contribution in [0.25, 0.3) is 0 Å². The Morgan fingerprint density at radius 3 is 2.89 bits per heavy atom. The summed E-state index contributed by atoms with van der Waals surface area (Å²) in [6.07, 6.45) is 6.32. The topological polar surface area (TPSA) is 33.7 Å². The highest BCUT2D eigenvalue weighted by molar-refractivity contribution is 4.77. The molecule has 0 radical (unpaired) electrons. The van der Waals surface area contributed by atoms with Crippen molar-refractivity contribution in [3.63, 3.8) is 0 Å². The van der Waals surface area contributed by atoms with Crippen molar-refractivity contribution in [2.45, 2.75) is 45.1 Å². The second-order valence-electron chi connectivity index (χ2n) is 5.41. The predicted octanol–water partition coefficient (Wildman–Crippen LogP) is 1.89. The molecule has 1 rings (SSSR count). The van der Waals surface area contributed by atoms with E-state index in [-0.39, 0.29) is 0 Å². The van der Waals surface area contributed by atoms with Crippen molar-refractivity contribution in [3.8, 4) is 0 Å². The number of unbranched alkanes of at least 4 members (excludes halogenated alkanes) is 1. The van der Waals surface area contributed by atoms with E-state index in [2.05, 4.69) is 17.1 Å². The van der Waals surface area contributed by atoms with Gasteiger partial charge in [-0.3, -0.25) is 0 Å². The molecule has 1 fully saturated rings. The Morgan fingerprint density at radius 2 is 2.11 bits per heavy atom. The average Bonchev–Trinajstić information content (AvgIpc) is 2.44. The third-order valence-corrected chi connectivity index (χ3v) is 3.63. The van der Waals surface area contributed by atoms with E-state index in [1.54, 1.807) is 7.11 Å². The molecule has 0 amide bonds. The van der Waals surface area contributed by atoms with Crippen LogP contribution in [-0.4, -0.2) is 64.1 Å². The molecular formula is C15H32N2O2. The Kier molecular flexibility index (Phi) is 10.4. The molecular weight excluding hydrogens is 240 g/mol. The summed E-state index contributed by atoms with van der Waals surface area (Å²) < 4.78 is 10.4. The van der Waals surface area contributed by atoms with Crippen LogP contribution in [0.4, 0.5) is 0 Å². The summed E-state index contributed by atoms with van der Waals surface area (Å²) in [4.78, 5) is 2.60. The van der Waals surface area contributed by atoms with Gasteiger partial charge in [0, 0.05) is 26.3 Å². The van der Waals surface area contributed by atoms with Gasteiger partial charge in [-0.05, 0) is 51.7 Å². The van der Waals surface area contributed by atoms with Crippen LogP contribution in [0.2, 0.25) is 0 Å². The molecule has 0 aliphatic carbocycles. The van der Waals surface area contributed by atoms with Crippen LogP contribution in [-0.2, 0) is 9.47 Å².